The van der Waals surface area contributed by atoms with Gasteiger partial charge in [0.25, 0.3) is 5.91 Å². The highest BCUT2D eigenvalue weighted by molar-refractivity contribution is 8.00. The molecule has 1 aliphatic rings. The average Bonchev–Trinajstić information content (AvgIpc) is 3.18. The molecule has 3 aromatic rings. The number of thioether (sulfide) groups is 1. The Bertz CT molecular complexity index is 1180. The summed E-state index contributed by atoms with van der Waals surface area (Å²) in [5.41, 5.74) is 1.85. The molecule has 0 unspecified atom stereocenters. The second kappa shape index (κ2) is 10.1. The molecule has 0 aromatic heterocycles. The second-order valence-corrected chi connectivity index (χ2v) is 9.32. The van der Waals surface area contributed by atoms with Crippen molar-refractivity contribution >= 4 is 35.2 Å². The van der Waals surface area contributed by atoms with Gasteiger partial charge in [0.05, 0.1) is 11.3 Å². The maximum absolute atomic E-state index is 12.9. The van der Waals surface area contributed by atoms with E-state index in [-0.39, 0.29) is 17.8 Å². The predicted molar refractivity (Wildman–Crippen MR) is 126 cm³/mol. The van der Waals surface area contributed by atoms with Crippen molar-refractivity contribution in [2.24, 2.45) is 0 Å². The van der Waals surface area contributed by atoms with Crippen molar-refractivity contribution in [3.63, 3.8) is 0 Å². The number of rotatable bonds is 6. The number of carbonyl (C=O) groups is 2. The lowest BCUT2D eigenvalue weighted by atomic mass is 10.1. The van der Waals surface area contributed by atoms with Gasteiger partial charge in [-0.05, 0) is 53.1 Å². The summed E-state index contributed by atoms with van der Waals surface area (Å²) in [6, 6.07) is 19.1. The van der Waals surface area contributed by atoms with Gasteiger partial charge in [0.15, 0.2) is 0 Å². The Labute approximate surface area is 204 Å². The average molecular weight is 505 g/mol. The van der Waals surface area contributed by atoms with Crippen molar-refractivity contribution in [2.45, 2.75) is 24.6 Å². The fourth-order valence-electron chi connectivity index (χ4n) is 3.63. The highest BCUT2D eigenvalue weighted by Gasteiger charge is 2.33. The molecule has 4 nitrogen and oxygen atoms in total. The van der Waals surface area contributed by atoms with Crippen LogP contribution in [0.15, 0.2) is 72.8 Å². The van der Waals surface area contributed by atoms with Gasteiger partial charge in [0.1, 0.15) is 5.37 Å². The summed E-state index contributed by atoms with van der Waals surface area (Å²) in [4.78, 5) is 26.7. The van der Waals surface area contributed by atoms with Crippen molar-refractivity contribution in [3.05, 3.63) is 106 Å². The van der Waals surface area contributed by atoms with Crippen LogP contribution in [0.25, 0.3) is 0 Å². The molecule has 1 saturated heterocycles. The minimum atomic E-state index is -4.43. The van der Waals surface area contributed by atoms with Gasteiger partial charge >= 0.3 is 6.18 Å². The first-order chi connectivity index (χ1) is 16.2. The number of nitrogens with zero attached hydrogens (tertiary/aromatic N) is 1. The molecule has 1 fully saturated rings. The van der Waals surface area contributed by atoms with Crippen LogP contribution in [-0.4, -0.2) is 22.5 Å². The van der Waals surface area contributed by atoms with Gasteiger partial charge in [-0.25, -0.2) is 0 Å². The zero-order chi connectivity index (χ0) is 24.3. The van der Waals surface area contributed by atoms with Gasteiger partial charge in [0, 0.05) is 23.7 Å². The van der Waals surface area contributed by atoms with Gasteiger partial charge in [0.2, 0.25) is 5.91 Å². The number of halogens is 4. The molecule has 1 heterocycles. The molecule has 2 amide bonds. The molecule has 4 rings (SSSR count). The summed E-state index contributed by atoms with van der Waals surface area (Å²) in [5, 5.41) is 3.10. The zero-order valence-corrected chi connectivity index (χ0v) is 19.4. The number of hydrogen-bond acceptors (Lipinski definition) is 3. The zero-order valence-electron chi connectivity index (χ0n) is 17.8. The quantitative estimate of drug-likeness (QED) is 0.443. The summed E-state index contributed by atoms with van der Waals surface area (Å²) < 4.78 is 38.6. The van der Waals surface area contributed by atoms with E-state index in [2.05, 4.69) is 5.32 Å². The highest BCUT2D eigenvalue weighted by Crippen LogP contribution is 2.39. The number of alkyl halides is 3. The molecular weight excluding hydrogens is 485 g/mol. The van der Waals surface area contributed by atoms with Crippen molar-refractivity contribution in [1.82, 2.24) is 10.2 Å². The highest BCUT2D eigenvalue weighted by atomic mass is 35.5. The van der Waals surface area contributed by atoms with Crippen LogP contribution in [0, 0.1) is 0 Å². The minimum Gasteiger partial charge on any atom is -0.348 e. The molecule has 0 aliphatic carbocycles. The number of carbonyl (C=O) groups excluding carboxylic acids is 2. The summed E-state index contributed by atoms with van der Waals surface area (Å²) in [7, 11) is 0. The van der Waals surface area contributed by atoms with Crippen molar-refractivity contribution in [3.8, 4) is 0 Å². The standard InChI is InChI=1S/C25H20ClF3N2O2S/c26-21-10-4-16(5-11-21)14-31-22(32)15-34-24(31)19-8-6-18(7-9-19)23(33)30-13-17-2-1-3-20(12-17)25(27,28)29/h1-12,24H,13-15H2,(H,30,33)/t24-/m1/s1. The van der Waals surface area contributed by atoms with E-state index in [1.54, 1.807) is 41.3 Å². The van der Waals surface area contributed by atoms with Crippen LogP contribution >= 0.6 is 23.4 Å². The van der Waals surface area contributed by atoms with Gasteiger partial charge in [-0.1, -0.05) is 48.0 Å². The molecule has 9 heteroatoms. The molecule has 1 atom stereocenters. The molecule has 0 bridgehead atoms. The molecule has 34 heavy (non-hydrogen) atoms. The Balaban J connectivity index is 1.40. The Morgan fingerprint density at radius 1 is 1.03 bits per heavy atom. The van der Waals surface area contributed by atoms with Crippen LogP contribution in [0.4, 0.5) is 13.2 Å². The summed E-state index contributed by atoms with van der Waals surface area (Å²) in [6.45, 7) is 0.430. The van der Waals surface area contributed by atoms with Crippen LogP contribution in [-0.2, 0) is 24.1 Å². The lowest BCUT2D eigenvalue weighted by Crippen LogP contribution is -2.27. The topological polar surface area (TPSA) is 49.4 Å². The molecule has 0 saturated carbocycles. The van der Waals surface area contributed by atoms with Gasteiger partial charge in [-0.3, -0.25) is 9.59 Å². The fourth-order valence-corrected chi connectivity index (χ4v) is 4.94. The maximum atomic E-state index is 12.9. The van der Waals surface area contributed by atoms with Crippen LogP contribution in [0.3, 0.4) is 0 Å². The normalized spacial score (nSPS) is 16.1. The molecule has 3 aromatic carbocycles. The van der Waals surface area contributed by atoms with Gasteiger partial charge < -0.3 is 10.2 Å². The Morgan fingerprint density at radius 2 is 1.74 bits per heavy atom. The lowest BCUT2D eigenvalue weighted by Gasteiger charge is -2.24. The third kappa shape index (κ3) is 5.74. The molecule has 1 aliphatic heterocycles. The molecule has 1 N–H and O–H groups in total. The van der Waals surface area contributed by atoms with E-state index in [4.69, 9.17) is 11.6 Å². The van der Waals surface area contributed by atoms with Gasteiger partial charge in [-0.15, -0.1) is 11.8 Å². The van der Waals surface area contributed by atoms with Gasteiger partial charge in [-0.2, -0.15) is 13.2 Å². The smallest absolute Gasteiger partial charge is 0.348 e. The predicted octanol–water partition coefficient (Wildman–Crippen LogP) is 6.06. The summed E-state index contributed by atoms with van der Waals surface area (Å²) in [6.07, 6.45) is -4.43. The molecule has 0 spiro atoms. The SMILES string of the molecule is O=C(NCc1cccc(C(F)(F)F)c1)c1ccc([C@H]2SCC(=O)N2Cc2ccc(Cl)cc2)cc1. The maximum Gasteiger partial charge on any atom is 0.416 e. The van der Waals surface area contributed by atoms with E-state index in [1.165, 1.54) is 23.9 Å². The molecule has 176 valence electrons. The number of hydrogen-bond donors (Lipinski definition) is 1. The number of benzene rings is 3. The third-order valence-electron chi connectivity index (χ3n) is 5.40. The second-order valence-electron chi connectivity index (χ2n) is 7.81. The van der Waals surface area contributed by atoms with Crippen molar-refractivity contribution in [1.29, 1.82) is 0 Å². The number of nitrogens with one attached hydrogen (secondary N) is 1. The van der Waals surface area contributed by atoms with Crippen molar-refractivity contribution < 1.29 is 22.8 Å². The van der Waals surface area contributed by atoms with Crippen LogP contribution < -0.4 is 5.32 Å². The van der Waals surface area contributed by atoms with E-state index in [0.717, 1.165) is 23.3 Å². The molecular formula is C25H20ClF3N2O2S. The first-order valence-corrected chi connectivity index (χ1v) is 11.8. The fraction of sp³-hybridized carbons (Fsp3) is 0.200. The minimum absolute atomic E-state index is 0.0215. The summed E-state index contributed by atoms with van der Waals surface area (Å²) >= 11 is 7.46. The van der Waals surface area contributed by atoms with Crippen LogP contribution in [0.1, 0.15) is 38.0 Å². The van der Waals surface area contributed by atoms with E-state index in [0.29, 0.717) is 28.4 Å². The lowest BCUT2D eigenvalue weighted by molar-refractivity contribution is -0.137. The largest absolute Gasteiger partial charge is 0.416 e. The van der Waals surface area contributed by atoms with E-state index in [9.17, 15) is 22.8 Å². The Kier molecular flexibility index (Phi) is 7.19. The van der Waals surface area contributed by atoms with E-state index < -0.39 is 17.6 Å². The number of amides is 2. The third-order valence-corrected chi connectivity index (χ3v) is 6.91. The van der Waals surface area contributed by atoms with Crippen LogP contribution in [0.5, 0.6) is 0 Å². The molecule has 0 radical (unpaired) electrons. The Morgan fingerprint density at radius 3 is 2.41 bits per heavy atom. The first-order valence-electron chi connectivity index (χ1n) is 10.4. The monoisotopic (exact) mass is 504 g/mol. The van der Waals surface area contributed by atoms with Crippen molar-refractivity contribution in [2.75, 3.05) is 5.75 Å². The van der Waals surface area contributed by atoms with E-state index >= 15 is 0 Å². The van der Waals surface area contributed by atoms with E-state index in [1.807, 2.05) is 12.1 Å². The Hall–Kier alpha value is -2.97. The first kappa shape index (κ1) is 24.2. The van der Waals surface area contributed by atoms with Crippen LogP contribution in [0.2, 0.25) is 5.02 Å². The summed E-state index contributed by atoms with van der Waals surface area (Å²) in [5.74, 6) is 0.0160.